The number of hydrogen-bond donors (Lipinski definition) is 1. The summed E-state index contributed by atoms with van der Waals surface area (Å²) in [6.45, 7) is 1.17. The van der Waals surface area contributed by atoms with Gasteiger partial charge in [0.1, 0.15) is 12.4 Å². The predicted molar refractivity (Wildman–Crippen MR) is 67.6 cm³/mol. The van der Waals surface area contributed by atoms with Crippen LogP contribution in [-0.2, 0) is 11.3 Å². The van der Waals surface area contributed by atoms with Crippen LogP contribution in [0.1, 0.15) is 5.56 Å². The van der Waals surface area contributed by atoms with Gasteiger partial charge in [0, 0.05) is 31.8 Å². The first-order valence-corrected chi connectivity index (χ1v) is 6.24. The lowest BCUT2D eigenvalue weighted by Gasteiger charge is -2.13. The van der Waals surface area contributed by atoms with Gasteiger partial charge in [-0.25, -0.2) is 8.78 Å². The lowest BCUT2D eigenvalue weighted by Crippen LogP contribution is -2.19. The molecule has 1 aromatic carbocycles. The molecular formula is C13H17F2NO4. The Labute approximate surface area is 115 Å². The lowest BCUT2D eigenvalue weighted by molar-refractivity contribution is 0.0812. The Balaban J connectivity index is 2.05. The van der Waals surface area contributed by atoms with E-state index in [1.54, 1.807) is 19.2 Å². The minimum atomic E-state index is -2.52. The van der Waals surface area contributed by atoms with Crippen molar-refractivity contribution in [3.8, 4) is 17.2 Å². The molecule has 20 heavy (non-hydrogen) atoms. The normalized spacial score (nSPS) is 13.0. The van der Waals surface area contributed by atoms with E-state index in [9.17, 15) is 8.78 Å². The SMILES string of the molecule is COCCNCc1cc2c(cc1OCC(F)F)OCO2. The standard InChI is InChI=1S/C13H17F2NO4/c1-17-3-2-16-6-9-4-11-12(20-8-19-11)5-10(9)18-7-13(14)15/h4-5,13,16H,2-3,6-8H2,1H3. The summed E-state index contributed by atoms with van der Waals surface area (Å²) in [5.41, 5.74) is 0.742. The molecule has 0 bridgehead atoms. The van der Waals surface area contributed by atoms with Crippen LogP contribution >= 0.6 is 0 Å². The van der Waals surface area contributed by atoms with Gasteiger partial charge < -0.3 is 24.3 Å². The van der Waals surface area contributed by atoms with E-state index in [4.69, 9.17) is 18.9 Å². The first-order chi connectivity index (χ1) is 9.70. The van der Waals surface area contributed by atoms with Crippen molar-refractivity contribution in [2.45, 2.75) is 13.0 Å². The third-order valence-corrected chi connectivity index (χ3v) is 2.72. The van der Waals surface area contributed by atoms with Gasteiger partial charge in [-0.2, -0.15) is 0 Å². The summed E-state index contributed by atoms with van der Waals surface area (Å²) in [5, 5.41) is 3.13. The molecule has 7 heteroatoms. The Kier molecular flexibility index (Phi) is 5.37. The Morgan fingerprint density at radius 2 is 2.05 bits per heavy atom. The molecule has 2 rings (SSSR count). The molecule has 0 spiro atoms. The average Bonchev–Trinajstić information content (AvgIpc) is 2.87. The first-order valence-electron chi connectivity index (χ1n) is 6.24. The molecule has 1 N–H and O–H groups in total. The molecule has 0 amide bonds. The lowest BCUT2D eigenvalue weighted by atomic mass is 10.1. The number of rotatable bonds is 8. The summed E-state index contributed by atoms with van der Waals surface area (Å²) in [6.07, 6.45) is -2.52. The minimum Gasteiger partial charge on any atom is -0.487 e. The van der Waals surface area contributed by atoms with Crippen molar-refractivity contribution in [1.82, 2.24) is 5.32 Å². The molecule has 0 aliphatic carbocycles. The molecule has 0 saturated carbocycles. The maximum Gasteiger partial charge on any atom is 0.272 e. The van der Waals surface area contributed by atoms with Gasteiger partial charge in [0.15, 0.2) is 11.5 Å². The Morgan fingerprint density at radius 3 is 2.75 bits per heavy atom. The smallest absolute Gasteiger partial charge is 0.272 e. The molecule has 0 radical (unpaired) electrons. The highest BCUT2D eigenvalue weighted by atomic mass is 19.3. The number of ether oxygens (including phenoxy) is 4. The fourth-order valence-electron chi connectivity index (χ4n) is 1.79. The van der Waals surface area contributed by atoms with E-state index in [0.29, 0.717) is 36.9 Å². The Hall–Kier alpha value is -1.60. The van der Waals surface area contributed by atoms with E-state index < -0.39 is 13.0 Å². The van der Waals surface area contributed by atoms with E-state index in [2.05, 4.69) is 5.32 Å². The molecule has 1 heterocycles. The van der Waals surface area contributed by atoms with Crippen LogP contribution in [0.4, 0.5) is 8.78 Å². The predicted octanol–water partition coefficient (Wildman–Crippen LogP) is 1.80. The second-order valence-electron chi connectivity index (χ2n) is 4.18. The Bertz CT molecular complexity index is 443. The first kappa shape index (κ1) is 14.8. The third-order valence-electron chi connectivity index (χ3n) is 2.72. The summed E-state index contributed by atoms with van der Waals surface area (Å²) in [6, 6.07) is 3.32. The van der Waals surface area contributed by atoms with Crippen LogP contribution in [0.25, 0.3) is 0 Å². The summed E-state index contributed by atoms with van der Waals surface area (Å²) < 4.78 is 45.1. The van der Waals surface area contributed by atoms with Crippen molar-refractivity contribution in [3.05, 3.63) is 17.7 Å². The van der Waals surface area contributed by atoms with E-state index in [-0.39, 0.29) is 6.79 Å². The zero-order valence-corrected chi connectivity index (χ0v) is 11.2. The van der Waals surface area contributed by atoms with Crippen LogP contribution in [0.5, 0.6) is 17.2 Å². The zero-order valence-electron chi connectivity index (χ0n) is 11.2. The quantitative estimate of drug-likeness (QED) is 0.739. The van der Waals surface area contributed by atoms with Gasteiger partial charge in [-0.3, -0.25) is 0 Å². The van der Waals surface area contributed by atoms with Gasteiger partial charge >= 0.3 is 0 Å². The third kappa shape index (κ3) is 3.94. The molecule has 1 aliphatic rings. The molecule has 1 aromatic rings. The average molecular weight is 289 g/mol. The number of benzene rings is 1. The van der Waals surface area contributed by atoms with Crippen molar-refractivity contribution in [2.75, 3.05) is 33.7 Å². The number of alkyl halides is 2. The van der Waals surface area contributed by atoms with Crippen molar-refractivity contribution in [2.24, 2.45) is 0 Å². The van der Waals surface area contributed by atoms with Crippen LogP contribution < -0.4 is 19.5 Å². The summed E-state index contributed by atoms with van der Waals surface area (Å²) in [7, 11) is 1.61. The largest absolute Gasteiger partial charge is 0.487 e. The molecule has 0 fully saturated rings. The van der Waals surface area contributed by atoms with E-state index >= 15 is 0 Å². The molecule has 0 aromatic heterocycles. The summed E-state index contributed by atoms with van der Waals surface area (Å²) >= 11 is 0. The molecule has 0 saturated heterocycles. The summed E-state index contributed by atoms with van der Waals surface area (Å²) in [5.74, 6) is 1.48. The van der Waals surface area contributed by atoms with Gasteiger partial charge in [0.25, 0.3) is 6.43 Å². The highest BCUT2D eigenvalue weighted by Gasteiger charge is 2.18. The van der Waals surface area contributed by atoms with Crippen LogP contribution in [0.2, 0.25) is 0 Å². The van der Waals surface area contributed by atoms with Gasteiger partial charge in [-0.1, -0.05) is 0 Å². The number of fused-ring (bicyclic) bond motifs is 1. The van der Waals surface area contributed by atoms with Crippen molar-refractivity contribution in [1.29, 1.82) is 0 Å². The molecule has 1 aliphatic heterocycles. The van der Waals surface area contributed by atoms with Gasteiger partial charge in [-0.15, -0.1) is 0 Å². The van der Waals surface area contributed by atoms with Crippen LogP contribution in [0.15, 0.2) is 12.1 Å². The topological polar surface area (TPSA) is 49.0 Å². The fourth-order valence-corrected chi connectivity index (χ4v) is 1.79. The monoisotopic (exact) mass is 289 g/mol. The number of hydrogen-bond acceptors (Lipinski definition) is 5. The molecule has 5 nitrogen and oxygen atoms in total. The molecule has 0 atom stereocenters. The van der Waals surface area contributed by atoms with Crippen LogP contribution in [0, 0.1) is 0 Å². The van der Waals surface area contributed by atoms with Gasteiger partial charge in [-0.05, 0) is 6.07 Å². The second-order valence-corrected chi connectivity index (χ2v) is 4.18. The maximum absolute atomic E-state index is 12.3. The second kappa shape index (κ2) is 7.25. The van der Waals surface area contributed by atoms with E-state index in [0.717, 1.165) is 5.56 Å². The van der Waals surface area contributed by atoms with Gasteiger partial charge in [0.05, 0.1) is 6.61 Å². The maximum atomic E-state index is 12.3. The van der Waals surface area contributed by atoms with Crippen molar-refractivity contribution < 1.29 is 27.7 Å². The van der Waals surface area contributed by atoms with E-state index in [1.807, 2.05) is 0 Å². The van der Waals surface area contributed by atoms with Crippen molar-refractivity contribution >= 4 is 0 Å². The van der Waals surface area contributed by atoms with E-state index in [1.165, 1.54) is 0 Å². The molecule has 0 unspecified atom stereocenters. The van der Waals surface area contributed by atoms with Crippen molar-refractivity contribution in [3.63, 3.8) is 0 Å². The van der Waals surface area contributed by atoms with Crippen LogP contribution in [-0.4, -0.2) is 40.1 Å². The number of halogens is 2. The fraction of sp³-hybridized carbons (Fsp3) is 0.538. The highest BCUT2D eigenvalue weighted by Crippen LogP contribution is 2.38. The van der Waals surface area contributed by atoms with Gasteiger partial charge in [0.2, 0.25) is 6.79 Å². The molecular weight excluding hydrogens is 272 g/mol. The Morgan fingerprint density at radius 1 is 1.30 bits per heavy atom. The molecule has 112 valence electrons. The number of nitrogens with one attached hydrogen (secondary N) is 1. The zero-order chi connectivity index (χ0) is 14.4. The summed E-state index contributed by atoms with van der Waals surface area (Å²) in [4.78, 5) is 0. The number of methoxy groups -OCH3 is 1. The highest BCUT2D eigenvalue weighted by molar-refractivity contribution is 5.51. The van der Waals surface area contributed by atoms with Crippen LogP contribution in [0.3, 0.4) is 0 Å². The minimum absolute atomic E-state index is 0.129.